The summed E-state index contributed by atoms with van der Waals surface area (Å²) in [6.07, 6.45) is 5.08. The summed E-state index contributed by atoms with van der Waals surface area (Å²) >= 11 is 0. The highest BCUT2D eigenvalue weighted by atomic mass is 16.4. The second-order valence-electron chi connectivity index (χ2n) is 8.77. The molecule has 1 aliphatic rings. The highest BCUT2D eigenvalue weighted by Crippen LogP contribution is 2.48. The minimum absolute atomic E-state index is 0.0971. The van der Waals surface area contributed by atoms with Crippen molar-refractivity contribution in [3.8, 4) is 0 Å². The van der Waals surface area contributed by atoms with E-state index in [1.165, 1.54) is 35.5 Å². The number of carboxylic acid groups (broad SMARTS) is 1. The second-order valence-corrected chi connectivity index (χ2v) is 8.77. The summed E-state index contributed by atoms with van der Waals surface area (Å²) in [6.45, 7) is 14.2. The van der Waals surface area contributed by atoms with Crippen LogP contribution in [-0.2, 0) is 10.8 Å². The molecule has 3 rings (SSSR count). The third kappa shape index (κ3) is 3.43. The zero-order chi connectivity index (χ0) is 20.0. The van der Waals surface area contributed by atoms with E-state index in [0.717, 1.165) is 12.1 Å². The summed E-state index contributed by atoms with van der Waals surface area (Å²) in [5.41, 5.74) is 5.49. The van der Waals surface area contributed by atoms with E-state index in [4.69, 9.17) is 5.11 Å². The maximum atomic E-state index is 11.1. The Morgan fingerprint density at radius 3 is 2.07 bits per heavy atom. The first-order chi connectivity index (χ1) is 12.6. The molecule has 1 N–H and O–H groups in total. The van der Waals surface area contributed by atoms with Gasteiger partial charge in [-0.15, -0.1) is 0 Å². The first-order valence-electron chi connectivity index (χ1n) is 9.55. The van der Waals surface area contributed by atoms with Crippen LogP contribution in [0.4, 0.5) is 11.6 Å². The number of rotatable bonds is 4. The number of hydrogen-bond acceptors (Lipinski definition) is 4. The van der Waals surface area contributed by atoms with Crippen LogP contribution in [-0.4, -0.2) is 27.6 Å². The first-order valence-corrected chi connectivity index (χ1v) is 9.55. The Kier molecular flexibility index (Phi) is 4.74. The second kappa shape index (κ2) is 6.63. The minimum Gasteiger partial charge on any atom is -0.478 e. The summed E-state index contributed by atoms with van der Waals surface area (Å²) in [7, 11) is 0. The quantitative estimate of drug-likeness (QED) is 0.824. The molecular weight excluding hydrogens is 338 g/mol. The molecule has 0 spiro atoms. The number of hydrogen-bond donors (Lipinski definition) is 1. The molecule has 5 nitrogen and oxygen atoms in total. The van der Waals surface area contributed by atoms with Gasteiger partial charge in [0.25, 0.3) is 0 Å². The van der Waals surface area contributed by atoms with Crippen molar-refractivity contribution >= 4 is 17.6 Å². The molecule has 0 saturated carbocycles. The number of aromatic carboxylic acids is 1. The molecule has 0 fully saturated rings. The molecule has 2 aromatic rings. The van der Waals surface area contributed by atoms with Gasteiger partial charge in [-0.25, -0.2) is 14.8 Å². The minimum atomic E-state index is -1.02. The summed E-state index contributed by atoms with van der Waals surface area (Å²) in [6, 6.07) is 4.61. The summed E-state index contributed by atoms with van der Waals surface area (Å²) in [4.78, 5) is 21.7. The Hall–Kier alpha value is -2.43. The van der Waals surface area contributed by atoms with E-state index in [-0.39, 0.29) is 16.4 Å². The lowest BCUT2D eigenvalue weighted by Crippen LogP contribution is -2.34. The summed E-state index contributed by atoms with van der Waals surface area (Å²) < 4.78 is 0. The molecule has 1 aromatic carbocycles. The first kappa shape index (κ1) is 19.3. The number of carboxylic acids is 1. The van der Waals surface area contributed by atoms with E-state index in [2.05, 4.69) is 68.5 Å². The van der Waals surface area contributed by atoms with Gasteiger partial charge in [0.1, 0.15) is 0 Å². The van der Waals surface area contributed by atoms with Gasteiger partial charge in [-0.1, -0.05) is 33.8 Å². The fourth-order valence-corrected chi connectivity index (χ4v) is 3.99. The smallest absolute Gasteiger partial charge is 0.338 e. The Labute approximate surface area is 161 Å². The van der Waals surface area contributed by atoms with E-state index >= 15 is 0 Å². The highest BCUT2D eigenvalue weighted by Gasteiger charge is 2.37. The number of fused-ring (bicyclic) bond motifs is 1. The van der Waals surface area contributed by atoms with Gasteiger partial charge in [-0.2, -0.15) is 0 Å². The van der Waals surface area contributed by atoms with Crippen molar-refractivity contribution in [3.63, 3.8) is 0 Å². The van der Waals surface area contributed by atoms with Crippen LogP contribution in [0.2, 0.25) is 0 Å². The Morgan fingerprint density at radius 2 is 1.59 bits per heavy atom. The fraction of sp³-hybridized carbons (Fsp3) is 0.500. The lowest BCUT2D eigenvalue weighted by Gasteiger charge is -2.43. The Balaban J connectivity index is 2.11. The Bertz CT molecular complexity index is 870. The molecule has 0 amide bonds. The number of aryl methyl sites for hydroxylation is 1. The van der Waals surface area contributed by atoms with Gasteiger partial charge in [0, 0.05) is 24.6 Å². The van der Waals surface area contributed by atoms with Crippen LogP contribution in [0.1, 0.15) is 74.5 Å². The highest BCUT2D eigenvalue weighted by molar-refractivity contribution is 5.86. The maximum Gasteiger partial charge on any atom is 0.338 e. The topological polar surface area (TPSA) is 66.3 Å². The lowest BCUT2D eigenvalue weighted by molar-refractivity contribution is 0.0696. The van der Waals surface area contributed by atoms with Crippen LogP contribution in [0.15, 0.2) is 24.5 Å². The molecule has 144 valence electrons. The van der Waals surface area contributed by atoms with Crippen molar-refractivity contribution in [2.24, 2.45) is 0 Å². The zero-order valence-corrected chi connectivity index (χ0v) is 17.1. The maximum absolute atomic E-state index is 11.1. The molecule has 1 aliphatic carbocycles. The van der Waals surface area contributed by atoms with E-state index in [0.29, 0.717) is 12.5 Å². The van der Waals surface area contributed by atoms with Crippen molar-refractivity contribution in [3.05, 3.63) is 46.8 Å². The third-order valence-corrected chi connectivity index (χ3v) is 5.90. The Morgan fingerprint density at radius 1 is 1.07 bits per heavy atom. The van der Waals surface area contributed by atoms with E-state index in [1.807, 2.05) is 0 Å². The number of benzene rings is 1. The van der Waals surface area contributed by atoms with Gasteiger partial charge in [-0.3, -0.25) is 0 Å². The van der Waals surface area contributed by atoms with E-state index in [9.17, 15) is 4.79 Å². The van der Waals surface area contributed by atoms with Crippen LogP contribution in [0.25, 0.3) is 0 Å². The van der Waals surface area contributed by atoms with Crippen molar-refractivity contribution < 1.29 is 9.90 Å². The van der Waals surface area contributed by atoms with Crippen molar-refractivity contribution in [2.45, 2.75) is 65.2 Å². The van der Waals surface area contributed by atoms with Crippen LogP contribution in [0.3, 0.4) is 0 Å². The SMILES string of the molecule is CCN(c1ncc(C(=O)O)cn1)c1cc2c(cc1C)C(C)(C)CCC2(C)C. The van der Waals surface area contributed by atoms with Crippen molar-refractivity contribution in [2.75, 3.05) is 11.4 Å². The lowest BCUT2D eigenvalue weighted by atomic mass is 9.63. The molecule has 5 heteroatoms. The largest absolute Gasteiger partial charge is 0.478 e. The molecule has 0 unspecified atom stereocenters. The average Bonchev–Trinajstić information content (AvgIpc) is 2.61. The summed E-state index contributed by atoms with van der Waals surface area (Å²) in [5, 5.41) is 9.08. The van der Waals surface area contributed by atoms with Crippen molar-refractivity contribution in [1.29, 1.82) is 0 Å². The number of nitrogens with zero attached hydrogens (tertiary/aromatic N) is 3. The molecule has 0 saturated heterocycles. The van der Waals surface area contributed by atoms with Crippen LogP contribution >= 0.6 is 0 Å². The van der Waals surface area contributed by atoms with Gasteiger partial charge >= 0.3 is 5.97 Å². The molecule has 1 heterocycles. The number of aromatic nitrogens is 2. The predicted molar refractivity (Wildman–Crippen MR) is 108 cm³/mol. The van der Waals surface area contributed by atoms with Crippen LogP contribution in [0.5, 0.6) is 0 Å². The molecular formula is C22H29N3O2. The predicted octanol–water partition coefficient (Wildman–Crippen LogP) is 4.99. The van der Waals surface area contributed by atoms with E-state index < -0.39 is 5.97 Å². The average molecular weight is 367 g/mol. The van der Waals surface area contributed by atoms with Gasteiger partial charge in [0.05, 0.1) is 5.56 Å². The van der Waals surface area contributed by atoms with Gasteiger partial charge in [0.15, 0.2) is 0 Å². The van der Waals surface area contributed by atoms with Crippen LogP contribution in [0, 0.1) is 6.92 Å². The molecule has 0 radical (unpaired) electrons. The molecule has 0 bridgehead atoms. The van der Waals surface area contributed by atoms with Gasteiger partial charge < -0.3 is 10.0 Å². The summed E-state index contributed by atoms with van der Waals surface area (Å²) in [5.74, 6) is -0.489. The van der Waals surface area contributed by atoms with E-state index in [1.54, 1.807) is 0 Å². The monoisotopic (exact) mass is 367 g/mol. The standard InChI is InChI=1S/C22H29N3O2/c1-7-25(20-23-12-15(13-24-20)19(26)27)18-11-17-16(10-14(18)2)21(3,4)8-9-22(17,5)6/h10-13H,7-9H2,1-6H3,(H,26,27). The molecule has 27 heavy (non-hydrogen) atoms. The molecule has 1 aromatic heterocycles. The number of anilines is 2. The number of carbonyl (C=O) groups is 1. The molecule has 0 atom stereocenters. The third-order valence-electron chi connectivity index (χ3n) is 5.90. The fourth-order valence-electron chi connectivity index (χ4n) is 3.99. The van der Waals surface area contributed by atoms with Gasteiger partial charge in [-0.05, 0) is 60.3 Å². The molecule has 0 aliphatic heterocycles. The normalized spacial score (nSPS) is 17.3. The van der Waals surface area contributed by atoms with Gasteiger partial charge in [0.2, 0.25) is 5.95 Å². The zero-order valence-electron chi connectivity index (χ0n) is 17.1. The van der Waals surface area contributed by atoms with Crippen LogP contribution < -0.4 is 4.90 Å². The van der Waals surface area contributed by atoms with Crippen molar-refractivity contribution in [1.82, 2.24) is 9.97 Å².